The molecule has 0 saturated heterocycles. The van der Waals surface area contributed by atoms with Gasteiger partial charge in [-0.1, -0.05) is 0 Å². The van der Waals surface area contributed by atoms with Gasteiger partial charge in [0.05, 0.1) is 40.7 Å². The summed E-state index contributed by atoms with van der Waals surface area (Å²) in [5.41, 5.74) is 9.05. The van der Waals surface area contributed by atoms with Gasteiger partial charge in [0.15, 0.2) is 0 Å². The van der Waals surface area contributed by atoms with Crippen LogP contribution in [0.15, 0.2) is 49.2 Å². The van der Waals surface area contributed by atoms with Crippen LogP contribution in [0.1, 0.15) is 36.8 Å². The van der Waals surface area contributed by atoms with Crippen LogP contribution in [0.3, 0.4) is 0 Å². The van der Waals surface area contributed by atoms with E-state index in [-0.39, 0.29) is 17.8 Å². The number of imidazole rings is 1. The van der Waals surface area contributed by atoms with Gasteiger partial charge in [-0.05, 0) is 56.4 Å². The summed E-state index contributed by atoms with van der Waals surface area (Å²) in [7, 11) is 0. The maximum absolute atomic E-state index is 13.0. The smallest absolute Gasteiger partial charge is 0.353 e. The van der Waals surface area contributed by atoms with Gasteiger partial charge < -0.3 is 16.4 Å². The van der Waals surface area contributed by atoms with Gasteiger partial charge in [0, 0.05) is 30.7 Å². The number of alkyl halides is 3. The second-order valence-electron chi connectivity index (χ2n) is 8.86. The zero-order chi connectivity index (χ0) is 24.6. The van der Waals surface area contributed by atoms with Crippen molar-refractivity contribution in [1.82, 2.24) is 24.3 Å². The van der Waals surface area contributed by atoms with Crippen LogP contribution in [0.4, 0.5) is 30.5 Å². The number of halogens is 3. The average molecular weight is 483 g/mol. The number of aryl methyl sites for hydroxylation is 1. The summed E-state index contributed by atoms with van der Waals surface area (Å²) >= 11 is 0. The van der Waals surface area contributed by atoms with E-state index in [2.05, 4.69) is 25.6 Å². The highest BCUT2D eigenvalue weighted by atomic mass is 19.4. The van der Waals surface area contributed by atoms with E-state index in [1.807, 2.05) is 11.3 Å². The van der Waals surface area contributed by atoms with E-state index in [1.165, 1.54) is 6.20 Å². The van der Waals surface area contributed by atoms with Crippen molar-refractivity contribution < 1.29 is 13.2 Å². The highest BCUT2D eigenvalue weighted by molar-refractivity contribution is 5.67. The molecule has 5 rings (SSSR count). The Balaban J connectivity index is 1.43. The van der Waals surface area contributed by atoms with Gasteiger partial charge in [0.1, 0.15) is 5.65 Å². The topological polar surface area (TPSA) is 106 Å². The molecule has 1 fully saturated rings. The Kier molecular flexibility index (Phi) is 6.01. The standard InChI is InChI=1S/C24H25F3N8/c1-14-9-31-23(33-17-4-2-16(28)3-5-17)34-22(14)20-12-30-21-7-6-18(13-35(20)21)32-19-8-15(10-29-11-19)24(25,26)27/h6-13,16-17,32H,2-5,28H2,1H3,(H,31,33,34)/t16-,17-. The first-order valence-electron chi connectivity index (χ1n) is 11.4. The Morgan fingerprint density at radius 1 is 1.00 bits per heavy atom. The summed E-state index contributed by atoms with van der Waals surface area (Å²) in [5, 5.41) is 6.42. The van der Waals surface area contributed by atoms with Crippen LogP contribution in [0.25, 0.3) is 17.0 Å². The number of nitrogens with two attached hydrogens (primary N) is 1. The maximum atomic E-state index is 13.0. The van der Waals surface area contributed by atoms with E-state index in [9.17, 15) is 13.2 Å². The van der Waals surface area contributed by atoms with Crippen molar-refractivity contribution in [3.63, 3.8) is 0 Å². The van der Waals surface area contributed by atoms with Crippen molar-refractivity contribution in [2.45, 2.75) is 50.9 Å². The molecule has 0 atom stereocenters. The minimum atomic E-state index is -4.47. The van der Waals surface area contributed by atoms with Crippen molar-refractivity contribution in [3.05, 3.63) is 60.3 Å². The fourth-order valence-electron chi connectivity index (χ4n) is 4.28. The number of fused-ring (bicyclic) bond motifs is 1. The molecule has 0 amide bonds. The second kappa shape index (κ2) is 9.14. The zero-order valence-electron chi connectivity index (χ0n) is 19.0. The normalized spacial score (nSPS) is 18.5. The van der Waals surface area contributed by atoms with Gasteiger partial charge in [-0.2, -0.15) is 13.2 Å². The SMILES string of the molecule is Cc1cnc(N[C@H]2CC[C@H](N)CC2)nc1-c1cnc2ccc(Nc3cncc(C(F)(F)F)c3)cn12. The molecular formula is C24H25F3N8. The first-order valence-corrected chi connectivity index (χ1v) is 11.4. The summed E-state index contributed by atoms with van der Waals surface area (Å²) in [5.74, 6) is 0.547. The molecule has 4 aromatic rings. The lowest BCUT2D eigenvalue weighted by Gasteiger charge is -2.26. The highest BCUT2D eigenvalue weighted by Gasteiger charge is 2.31. The number of rotatable bonds is 5. The zero-order valence-corrected chi connectivity index (χ0v) is 19.0. The molecule has 11 heteroatoms. The Morgan fingerprint density at radius 2 is 1.80 bits per heavy atom. The molecule has 0 spiro atoms. The molecule has 0 unspecified atom stereocenters. The third-order valence-electron chi connectivity index (χ3n) is 6.18. The number of nitrogens with one attached hydrogen (secondary N) is 2. The lowest BCUT2D eigenvalue weighted by molar-refractivity contribution is -0.137. The molecular weight excluding hydrogens is 457 g/mol. The summed E-state index contributed by atoms with van der Waals surface area (Å²) < 4.78 is 41.0. The fraction of sp³-hybridized carbons (Fsp3) is 0.333. The number of hydrogen-bond acceptors (Lipinski definition) is 7. The molecule has 0 aliphatic heterocycles. The van der Waals surface area contributed by atoms with Crippen LogP contribution in [0.5, 0.6) is 0 Å². The number of aromatic nitrogens is 5. The van der Waals surface area contributed by atoms with Gasteiger partial charge in [-0.15, -0.1) is 0 Å². The van der Waals surface area contributed by atoms with Crippen LogP contribution in [-0.4, -0.2) is 36.4 Å². The number of pyridine rings is 2. The van der Waals surface area contributed by atoms with E-state index in [4.69, 9.17) is 10.7 Å². The van der Waals surface area contributed by atoms with Gasteiger partial charge >= 0.3 is 6.18 Å². The van der Waals surface area contributed by atoms with E-state index < -0.39 is 11.7 Å². The van der Waals surface area contributed by atoms with E-state index in [0.717, 1.165) is 54.9 Å². The molecule has 0 bridgehead atoms. The summed E-state index contributed by atoms with van der Waals surface area (Å²) in [6.45, 7) is 1.93. The van der Waals surface area contributed by atoms with Crippen LogP contribution < -0.4 is 16.4 Å². The molecule has 1 aliphatic carbocycles. The second-order valence-corrected chi connectivity index (χ2v) is 8.86. The highest BCUT2D eigenvalue weighted by Crippen LogP contribution is 2.31. The van der Waals surface area contributed by atoms with Gasteiger partial charge in [0.2, 0.25) is 5.95 Å². The monoisotopic (exact) mass is 482 g/mol. The average Bonchev–Trinajstić information content (AvgIpc) is 3.24. The maximum Gasteiger partial charge on any atom is 0.417 e. The molecule has 4 heterocycles. The van der Waals surface area contributed by atoms with Crippen molar-refractivity contribution in [3.8, 4) is 11.4 Å². The Labute approximate surface area is 199 Å². The molecule has 0 radical (unpaired) electrons. The molecule has 1 aliphatic rings. The van der Waals surface area contributed by atoms with E-state index >= 15 is 0 Å². The largest absolute Gasteiger partial charge is 0.417 e. The van der Waals surface area contributed by atoms with Crippen LogP contribution >= 0.6 is 0 Å². The minimum Gasteiger partial charge on any atom is -0.353 e. The lowest BCUT2D eigenvalue weighted by Crippen LogP contribution is -2.33. The minimum absolute atomic E-state index is 0.234. The van der Waals surface area contributed by atoms with Crippen LogP contribution in [0.2, 0.25) is 0 Å². The molecule has 182 valence electrons. The van der Waals surface area contributed by atoms with E-state index in [1.54, 1.807) is 30.7 Å². The first-order chi connectivity index (χ1) is 16.8. The van der Waals surface area contributed by atoms with Gasteiger partial charge in [-0.25, -0.2) is 15.0 Å². The first kappa shape index (κ1) is 23.0. The van der Waals surface area contributed by atoms with Gasteiger partial charge in [0.25, 0.3) is 0 Å². The summed E-state index contributed by atoms with van der Waals surface area (Å²) in [6.07, 6.45) is 6.85. The predicted molar refractivity (Wildman–Crippen MR) is 127 cm³/mol. The van der Waals surface area contributed by atoms with Crippen molar-refractivity contribution in [2.24, 2.45) is 5.73 Å². The van der Waals surface area contributed by atoms with E-state index in [0.29, 0.717) is 17.3 Å². The third-order valence-corrected chi connectivity index (χ3v) is 6.18. The Hall–Kier alpha value is -3.73. The fourth-order valence-corrected chi connectivity index (χ4v) is 4.28. The lowest BCUT2D eigenvalue weighted by atomic mass is 9.92. The molecule has 0 aromatic carbocycles. The van der Waals surface area contributed by atoms with Crippen LogP contribution in [-0.2, 0) is 6.18 Å². The molecule has 1 saturated carbocycles. The van der Waals surface area contributed by atoms with Gasteiger partial charge in [-0.3, -0.25) is 9.38 Å². The Morgan fingerprint density at radius 3 is 2.57 bits per heavy atom. The van der Waals surface area contributed by atoms with Crippen molar-refractivity contribution >= 4 is 23.0 Å². The quantitative estimate of drug-likeness (QED) is 0.370. The third kappa shape index (κ3) is 5.04. The Bertz CT molecular complexity index is 1340. The number of hydrogen-bond donors (Lipinski definition) is 3. The van der Waals surface area contributed by atoms with Crippen molar-refractivity contribution in [2.75, 3.05) is 10.6 Å². The van der Waals surface area contributed by atoms with Crippen molar-refractivity contribution in [1.29, 1.82) is 0 Å². The van der Waals surface area contributed by atoms with Crippen LogP contribution in [0, 0.1) is 6.92 Å². The summed E-state index contributed by atoms with van der Waals surface area (Å²) in [4.78, 5) is 17.4. The predicted octanol–water partition coefficient (Wildman–Crippen LogP) is 4.94. The molecule has 35 heavy (non-hydrogen) atoms. The molecule has 8 nitrogen and oxygen atoms in total. The molecule has 4 aromatic heterocycles. The molecule has 4 N–H and O–H groups in total. The number of nitrogens with zero attached hydrogens (tertiary/aromatic N) is 5. The summed E-state index contributed by atoms with van der Waals surface area (Å²) in [6, 6.07) is 5.10. The number of anilines is 3.